The number of pyridine rings is 2. The van der Waals surface area contributed by atoms with Gasteiger partial charge in [0.2, 0.25) is 11.3 Å². The first-order valence-electron chi connectivity index (χ1n) is 17.5. The lowest BCUT2D eigenvalue weighted by Gasteiger charge is -2.72. The fourth-order valence-electron chi connectivity index (χ4n) is 9.11. The molecule has 0 aromatic carbocycles. The predicted molar refractivity (Wildman–Crippen MR) is 182 cm³/mol. The second-order valence-electron chi connectivity index (χ2n) is 14.8. The molecule has 3 aromatic rings. The number of amides is 2. The van der Waals surface area contributed by atoms with Gasteiger partial charge in [0.15, 0.2) is 11.2 Å². The maximum absolute atomic E-state index is 14.5. The van der Waals surface area contributed by atoms with Gasteiger partial charge in [-0.3, -0.25) is 19.2 Å². The fraction of sp³-hybridized carbons (Fsp3) is 0.600. The Kier molecular flexibility index (Phi) is 7.50. The zero-order chi connectivity index (χ0) is 34.2. The first kappa shape index (κ1) is 31.8. The Morgan fingerprint density at radius 2 is 1.92 bits per heavy atom. The van der Waals surface area contributed by atoms with Gasteiger partial charge in [0.25, 0.3) is 11.5 Å². The van der Waals surface area contributed by atoms with Crippen LogP contribution in [-0.2, 0) is 22.5 Å². The van der Waals surface area contributed by atoms with Gasteiger partial charge in [0.1, 0.15) is 23.5 Å². The number of aromatic amines is 1. The Labute approximate surface area is 283 Å². The van der Waals surface area contributed by atoms with Crippen LogP contribution in [0.2, 0.25) is 0 Å². The molecule has 14 heteroatoms. The van der Waals surface area contributed by atoms with Gasteiger partial charge >= 0.3 is 0 Å². The molecule has 49 heavy (non-hydrogen) atoms. The van der Waals surface area contributed by atoms with Crippen molar-refractivity contribution in [2.24, 2.45) is 11.3 Å². The van der Waals surface area contributed by atoms with Gasteiger partial charge in [-0.1, -0.05) is 20.8 Å². The van der Waals surface area contributed by atoms with E-state index in [1.165, 1.54) is 18.1 Å². The minimum Gasteiger partial charge on any atom is -0.496 e. The summed E-state index contributed by atoms with van der Waals surface area (Å²) in [4.78, 5) is 62.8. The molecule has 2 atom stereocenters. The van der Waals surface area contributed by atoms with E-state index < -0.39 is 5.56 Å². The number of fused-ring (bicyclic) bond motifs is 2. The summed E-state index contributed by atoms with van der Waals surface area (Å²) in [6.07, 6.45) is 9.02. The maximum atomic E-state index is 14.5. The van der Waals surface area contributed by atoms with E-state index in [9.17, 15) is 19.2 Å². The van der Waals surface area contributed by atoms with Crippen LogP contribution in [0.5, 0.6) is 5.75 Å². The second kappa shape index (κ2) is 11.6. The molecule has 5 fully saturated rings. The molecule has 6 aliphatic rings. The molecule has 2 amide bonds. The van der Waals surface area contributed by atoms with Crippen molar-refractivity contribution in [1.29, 1.82) is 0 Å². The number of carbonyl (C=O) groups is 2. The highest BCUT2D eigenvalue weighted by molar-refractivity contribution is 5.97. The highest BCUT2D eigenvalue weighted by Gasteiger charge is 2.69. The van der Waals surface area contributed by atoms with E-state index in [2.05, 4.69) is 29.0 Å². The van der Waals surface area contributed by atoms with E-state index in [1.807, 2.05) is 17.6 Å². The summed E-state index contributed by atoms with van der Waals surface area (Å²) in [5.41, 5.74) is 2.16. The van der Waals surface area contributed by atoms with Crippen LogP contribution in [0.4, 0.5) is 5.69 Å². The van der Waals surface area contributed by atoms with Gasteiger partial charge in [0.05, 0.1) is 32.1 Å². The number of H-pyrrole nitrogens is 1. The molecule has 2 aliphatic heterocycles. The normalized spacial score (nSPS) is 27.2. The zero-order valence-corrected chi connectivity index (χ0v) is 28.6. The van der Waals surface area contributed by atoms with Crippen molar-refractivity contribution in [2.45, 2.75) is 89.9 Å². The average molecular weight is 673 g/mol. The predicted octanol–water partition coefficient (Wildman–Crippen LogP) is 2.30. The van der Waals surface area contributed by atoms with Crippen LogP contribution in [0.1, 0.15) is 75.3 Å². The third kappa shape index (κ3) is 4.84. The Hall–Kier alpha value is -4.46. The van der Waals surface area contributed by atoms with Gasteiger partial charge in [-0.05, 0) is 62.0 Å². The Morgan fingerprint density at radius 3 is 2.57 bits per heavy atom. The summed E-state index contributed by atoms with van der Waals surface area (Å²) in [6.45, 7) is 8.21. The van der Waals surface area contributed by atoms with Gasteiger partial charge in [-0.25, -0.2) is 0 Å². The number of anilines is 1. The molecule has 2 bridgehead atoms. The third-order valence-electron chi connectivity index (χ3n) is 11.9. The van der Waals surface area contributed by atoms with Crippen LogP contribution in [0.15, 0.2) is 27.9 Å². The summed E-state index contributed by atoms with van der Waals surface area (Å²) in [5.74, 6) is 0.346. The summed E-state index contributed by atoms with van der Waals surface area (Å²) < 4.78 is 12.7. The molecule has 1 saturated heterocycles. The molecule has 4 saturated carbocycles. The molecule has 260 valence electrons. The fourth-order valence-corrected chi connectivity index (χ4v) is 9.11. The van der Waals surface area contributed by atoms with Gasteiger partial charge < -0.3 is 34.1 Å². The second-order valence-corrected chi connectivity index (χ2v) is 14.8. The third-order valence-corrected chi connectivity index (χ3v) is 11.9. The topological polar surface area (TPSA) is 157 Å². The van der Waals surface area contributed by atoms with Crippen molar-refractivity contribution >= 4 is 34.4 Å². The molecule has 2 N–H and O–H groups in total. The number of rotatable bonds is 9. The molecule has 0 unspecified atom stereocenters. The smallest absolute Gasteiger partial charge is 0.264 e. The first-order valence-corrected chi connectivity index (χ1v) is 17.5. The number of piperazine rings is 1. The van der Waals surface area contributed by atoms with Gasteiger partial charge in [-0.15, -0.1) is 10.2 Å². The molecular weight excluding hydrogens is 628 g/mol. The van der Waals surface area contributed by atoms with Crippen LogP contribution in [0, 0.1) is 11.3 Å². The van der Waals surface area contributed by atoms with E-state index in [1.54, 1.807) is 11.0 Å². The molecule has 4 aliphatic carbocycles. The molecule has 5 heterocycles. The Balaban J connectivity index is 1.15. The molecular formula is C35H44N8O6. The van der Waals surface area contributed by atoms with Crippen molar-refractivity contribution in [3.8, 4) is 5.75 Å². The molecule has 0 radical (unpaired) electrons. The van der Waals surface area contributed by atoms with E-state index >= 15 is 0 Å². The molecule has 9 rings (SSSR count). The van der Waals surface area contributed by atoms with E-state index in [4.69, 9.17) is 19.7 Å². The summed E-state index contributed by atoms with van der Waals surface area (Å²) >= 11 is 0. The number of ether oxygens (including phenoxy) is 2. The quantitative estimate of drug-likeness (QED) is 0.348. The Bertz CT molecular complexity index is 1990. The minimum absolute atomic E-state index is 0.0183. The van der Waals surface area contributed by atoms with Gasteiger partial charge in [-0.2, -0.15) is 4.80 Å². The number of aromatic nitrogens is 5. The minimum atomic E-state index is -0.497. The highest BCUT2D eigenvalue weighted by atomic mass is 16.5. The van der Waals surface area contributed by atoms with Crippen molar-refractivity contribution in [1.82, 2.24) is 34.8 Å². The average Bonchev–Trinajstić information content (AvgIpc) is 3.49. The highest BCUT2D eigenvalue weighted by Crippen LogP contribution is 2.70. The van der Waals surface area contributed by atoms with Crippen LogP contribution in [-0.4, -0.2) is 92.3 Å². The lowest BCUT2D eigenvalue weighted by atomic mass is 9.36. The van der Waals surface area contributed by atoms with Crippen LogP contribution in [0.25, 0.3) is 16.9 Å². The lowest BCUT2D eigenvalue weighted by molar-refractivity contribution is -0.187. The first-order chi connectivity index (χ1) is 23.6. The Morgan fingerprint density at radius 1 is 1.14 bits per heavy atom. The summed E-state index contributed by atoms with van der Waals surface area (Å²) in [5, 5.41) is 12.9. The molecule has 3 aromatic heterocycles. The van der Waals surface area contributed by atoms with Crippen LogP contribution >= 0.6 is 0 Å². The van der Waals surface area contributed by atoms with Gasteiger partial charge in [0, 0.05) is 43.0 Å². The van der Waals surface area contributed by atoms with E-state index in [0.29, 0.717) is 61.8 Å². The SMILES string of the molecule is CCc1c(N2CCN(C(=O)c3c(OC)cc[nH]c3=O)[C@H]3CC[C@@H]32)c(=O)c2nn(C3=CCOCC3)nc2n1CC(=O)NC12CC(C(C)C)(C1)C2. The zero-order valence-electron chi connectivity index (χ0n) is 28.6. The lowest BCUT2D eigenvalue weighted by Crippen LogP contribution is -2.76. The van der Waals surface area contributed by atoms with E-state index in [-0.39, 0.29) is 58.2 Å². The van der Waals surface area contributed by atoms with Crippen molar-refractivity contribution < 1.29 is 19.1 Å². The number of hydrogen-bond acceptors (Lipinski definition) is 9. The standard InChI is InChI=1S/C35H44N8O6/c1-5-22-29(40-12-13-41(24-7-6-23(24)40)33(47)27-25(48-4)8-11-36-32(27)46)30(45)28-31(39-43(38-28)21-9-14-49-15-10-21)42(22)16-26(44)37-35-17-34(18-35,19-35)20(2)3/h8-9,11,20,23-24H,5-7,10,12-19H2,1-4H3,(H,36,46)(H,37,44)/t23-,24-,34?,35?/m0/s1. The largest absolute Gasteiger partial charge is 0.496 e. The number of hydrogen-bond donors (Lipinski definition) is 2. The van der Waals surface area contributed by atoms with Crippen molar-refractivity contribution in [3.05, 3.63) is 50.2 Å². The maximum Gasteiger partial charge on any atom is 0.264 e. The van der Waals surface area contributed by atoms with Crippen LogP contribution < -0.4 is 25.9 Å². The molecule has 0 spiro atoms. The number of nitrogens with zero attached hydrogens (tertiary/aromatic N) is 6. The number of nitrogens with one attached hydrogen (secondary N) is 2. The van der Waals surface area contributed by atoms with Crippen LogP contribution in [0.3, 0.4) is 0 Å². The number of methoxy groups -OCH3 is 1. The van der Waals surface area contributed by atoms with E-state index in [0.717, 1.165) is 43.5 Å². The summed E-state index contributed by atoms with van der Waals surface area (Å²) in [7, 11) is 1.44. The van der Waals surface area contributed by atoms with Crippen molar-refractivity contribution in [3.63, 3.8) is 0 Å². The number of carbonyl (C=O) groups excluding carboxylic acids is 2. The molecule has 14 nitrogen and oxygen atoms in total. The van der Waals surface area contributed by atoms with Crippen molar-refractivity contribution in [2.75, 3.05) is 38.3 Å². The summed E-state index contributed by atoms with van der Waals surface area (Å²) in [6, 6.07) is 1.25. The monoisotopic (exact) mass is 672 g/mol.